The molecule has 0 saturated carbocycles. The average Bonchev–Trinajstić information content (AvgIpc) is 3.18. The zero-order valence-corrected chi connectivity index (χ0v) is 26.8. The SMILES string of the molecule is c1ccc(-c2ccc(N(c3ccccc3)c3ccc4c5c(cccc35)-c3ccc(N(c5ccccc5)c5ccccc5)cc3O4)cc2)cc1. The normalized spacial score (nSPS) is 11.4. The maximum Gasteiger partial charge on any atom is 0.137 e. The van der Waals surface area contributed by atoms with E-state index in [2.05, 4.69) is 192 Å². The van der Waals surface area contributed by atoms with Crippen molar-refractivity contribution in [3.63, 3.8) is 0 Å². The van der Waals surface area contributed by atoms with Crippen molar-refractivity contribution in [1.82, 2.24) is 0 Å². The maximum atomic E-state index is 6.78. The number of ether oxygens (including phenoxy) is 1. The molecule has 9 rings (SSSR count). The van der Waals surface area contributed by atoms with E-state index in [4.69, 9.17) is 4.74 Å². The lowest BCUT2D eigenvalue weighted by atomic mass is 9.93. The summed E-state index contributed by atoms with van der Waals surface area (Å²) in [4.78, 5) is 4.61. The Kier molecular flexibility index (Phi) is 7.14. The van der Waals surface area contributed by atoms with E-state index in [0.29, 0.717) is 0 Å². The quantitative estimate of drug-likeness (QED) is 0.175. The topological polar surface area (TPSA) is 15.7 Å². The Morgan fingerprint density at radius 2 is 0.857 bits per heavy atom. The summed E-state index contributed by atoms with van der Waals surface area (Å²) < 4.78 is 6.78. The first-order valence-corrected chi connectivity index (χ1v) is 16.6. The van der Waals surface area contributed by atoms with Gasteiger partial charge in [0.15, 0.2) is 0 Å². The lowest BCUT2D eigenvalue weighted by Crippen LogP contribution is -2.11. The van der Waals surface area contributed by atoms with Crippen molar-refractivity contribution in [3.8, 4) is 33.8 Å². The van der Waals surface area contributed by atoms with Gasteiger partial charge in [-0.15, -0.1) is 0 Å². The molecule has 1 heterocycles. The summed E-state index contributed by atoms with van der Waals surface area (Å²) in [6, 6.07) is 68.3. The van der Waals surface area contributed by atoms with E-state index in [1.807, 2.05) is 12.1 Å². The third kappa shape index (κ3) is 5.18. The minimum Gasteiger partial charge on any atom is -0.456 e. The van der Waals surface area contributed by atoms with Gasteiger partial charge in [-0.3, -0.25) is 0 Å². The Labute approximate surface area is 286 Å². The van der Waals surface area contributed by atoms with Gasteiger partial charge in [0.05, 0.1) is 5.69 Å². The molecule has 232 valence electrons. The van der Waals surface area contributed by atoms with Crippen LogP contribution in [0.1, 0.15) is 0 Å². The Balaban J connectivity index is 1.16. The molecular weight excluding hydrogens is 597 g/mol. The van der Waals surface area contributed by atoms with E-state index < -0.39 is 0 Å². The molecule has 0 fully saturated rings. The first-order valence-electron chi connectivity index (χ1n) is 16.6. The lowest BCUT2D eigenvalue weighted by Gasteiger charge is -2.30. The average molecular weight is 629 g/mol. The van der Waals surface area contributed by atoms with Crippen LogP contribution in [0.2, 0.25) is 0 Å². The van der Waals surface area contributed by atoms with Crippen LogP contribution in [-0.4, -0.2) is 0 Å². The van der Waals surface area contributed by atoms with E-state index in [1.165, 1.54) is 16.7 Å². The summed E-state index contributed by atoms with van der Waals surface area (Å²) in [7, 11) is 0. The Morgan fingerprint density at radius 1 is 0.327 bits per heavy atom. The second kappa shape index (κ2) is 12.2. The molecule has 0 bridgehead atoms. The zero-order chi connectivity index (χ0) is 32.6. The number of para-hydroxylation sites is 3. The molecule has 0 aromatic heterocycles. The summed E-state index contributed by atoms with van der Waals surface area (Å²) in [5, 5.41) is 2.25. The van der Waals surface area contributed by atoms with Crippen molar-refractivity contribution in [3.05, 3.63) is 194 Å². The number of hydrogen-bond acceptors (Lipinski definition) is 3. The van der Waals surface area contributed by atoms with Gasteiger partial charge in [-0.1, -0.05) is 115 Å². The maximum absolute atomic E-state index is 6.78. The summed E-state index contributed by atoms with van der Waals surface area (Å²) in [5.74, 6) is 1.70. The molecule has 0 radical (unpaired) electrons. The molecule has 8 aromatic rings. The number of rotatable bonds is 7. The van der Waals surface area contributed by atoms with Crippen LogP contribution in [0, 0.1) is 0 Å². The van der Waals surface area contributed by atoms with Crippen LogP contribution in [0.3, 0.4) is 0 Å². The molecule has 1 aliphatic rings. The highest BCUT2D eigenvalue weighted by Gasteiger charge is 2.25. The van der Waals surface area contributed by atoms with E-state index in [9.17, 15) is 0 Å². The van der Waals surface area contributed by atoms with Crippen molar-refractivity contribution in [2.75, 3.05) is 9.80 Å². The molecule has 8 aromatic carbocycles. The number of fused-ring (bicyclic) bond motifs is 2. The van der Waals surface area contributed by atoms with Crippen molar-refractivity contribution in [2.24, 2.45) is 0 Å². The summed E-state index contributed by atoms with van der Waals surface area (Å²) in [5.41, 5.74) is 11.2. The van der Waals surface area contributed by atoms with Gasteiger partial charge in [0.1, 0.15) is 11.5 Å². The van der Waals surface area contributed by atoms with Crippen LogP contribution >= 0.6 is 0 Å². The van der Waals surface area contributed by atoms with Crippen molar-refractivity contribution in [1.29, 1.82) is 0 Å². The second-order valence-corrected chi connectivity index (χ2v) is 12.2. The highest BCUT2D eigenvalue weighted by molar-refractivity contribution is 6.11. The molecule has 0 atom stereocenters. The fourth-order valence-electron chi connectivity index (χ4n) is 6.98. The van der Waals surface area contributed by atoms with E-state index in [-0.39, 0.29) is 0 Å². The minimum atomic E-state index is 0.846. The van der Waals surface area contributed by atoms with E-state index in [1.54, 1.807) is 0 Å². The molecule has 0 unspecified atom stereocenters. The largest absolute Gasteiger partial charge is 0.456 e. The predicted octanol–water partition coefficient (Wildman–Crippen LogP) is 13.2. The van der Waals surface area contributed by atoms with Crippen LogP contribution in [-0.2, 0) is 0 Å². The standard InChI is InChI=1S/C46H32N2O/c1-5-14-33(15-6-1)34-24-26-38(27-25-34)48(37-20-11-4-12-21-37)43-30-31-44-46-41(22-13-23-42(43)46)40-29-28-39(32-45(40)49-44)47(35-16-7-2-8-17-35)36-18-9-3-10-19-36/h1-32H. The zero-order valence-electron chi connectivity index (χ0n) is 26.8. The third-order valence-corrected chi connectivity index (χ3v) is 9.23. The van der Waals surface area contributed by atoms with E-state index in [0.717, 1.165) is 62.0 Å². The molecule has 49 heavy (non-hydrogen) atoms. The molecule has 0 aliphatic carbocycles. The van der Waals surface area contributed by atoms with Gasteiger partial charge < -0.3 is 14.5 Å². The van der Waals surface area contributed by atoms with Crippen LogP contribution in [0.15, 0.2) is 194 Å². The number of benzene rings is 8. The first-order chi connectivity index (χ1) is 24.3. The summed E-state index contributed by atoms with van der Waals surface area (Å²) >= 11 is 0. The first kappa shape index (κ1) is 28.6. The van der Waals surface area contributed by atoms with E-state index >= 15 is 0 Å². The van der Waals surface area contributed by atoms with Crippen LogP contribution in [0.25, 0.3) is 33.0 Å². The summed E-state index contributed by atoms with van der Waals surface area (Å²) in [6.45, 7) is 0. The minimum absolute atomic E-state index is 0.846. The van der Waals surface area contributed by atoms with Gasteiger partial charge in [0.25, 0.3) is 0 Å². The third-order valence-electron chi connectivity index (χ3n) is 9.23. The predicted molar refractivity (Wildman–Crippen MR) is 204 cm³/mol. The van der Waals surface area contributed by atoms with Crippen molar-refractivity contribution < 1.29 is 4.74 Å². The van der Waals surface area contributed by atoms with Crippen LogP contribution < -0.4 is 14.5 Å². The van der Waals surface area contributed by atoms with Gasteiger partial charge in [-0.25, -0.2) is 0 Å². The van der Waals surface area contributed by atoms with Gasteiger partial charge >= 0.3 is 0 Å². The molecule has 1 aliphatic heterocycles. The molecule has 0 saturated heterocycles. The fraction of sp³-hybridized carbons (Fsp3) is 0. The van der Waals surface area contributed by atoms with Crippen LogP contribution in [0.4, 0.5) is 34.1 Å². The molecule has 0 N–H and O–H groups in total. The van der Waals surface area contributed by atoms with Crippen molar-refractivity contribution in [2.45, 2.75) is 0 Å². The van der Waals surface area contributed by atoms with Gasteiger partial charge in [-0.05, 0) is 89.5 Å². The number of nitrogens with zero attached hydrogens (tertiary/aromatic N) is 2. The molecule has 0 amide bonds. The highest BCUT2D eigenvalue weighted by Crippen LogP contribution is 2.52. The Morgan fingerprint density at radius 3 is 1.49 bits per heavy atom. The van der Waals surface area contributed by atoms with Gasteiger partial charge in [-0.2, -0.15) is 0 Å². The van der Waals surface area contributed by atoms with Gasteiger partial charge in [0.2, 0.25) is 0 Å². The van der Waals surface area contributed by atoms with Crippen molar-refractivity contribution >= 4 is 44.9 Å². The highest BCUT2D eigenvalue weighted by atomic mass is 16.5. The second-order valence-electron chi connectivity index (χ2n) is 12.2. The molecular formula is C46H32N2O. The monoisotopic (exact) mass is 628 g/mol. The lowest BCUT2D eigenvalue weighted by molar-refractivity contribution is 0.487. The number of anilines is 6. The molecule has 3 heteroatoms. The molecule has 3 nitrogen and oxygen atoms in total. The molecule has 0 spiro atoms. The Bertz CT molecular complexity index is 2350. The number of hydrogen-bond donors (Lipinski definition) is 0. The Hall–Kier alpha value is -6.58. The summed E-state index contributed by atoms with van der Waals surface area (Å²) in [6.07, 6.45) is 0. The van der Waals surface area contributed by atoms with Crippen LogP contribution in [0.5, 0.6) is 11.5 Å². The van der Waals surface area contributed by atoms with Gasteiger partial charge in [0, 0.05) is 50.8 Å². The fourth-order valence-corrected chi connectivity index (χ4v) is 6.98. The smallest absolute Gasteiger partial charge is 0.137 e.